The smallest absolute Gasteiger partial charge is 0.111 e. The van der Waals surface area contributed by atoms with Gasteiger partial charge in [-0.15, -0.1) is 0 Å². The number of hydrogen-bond acceptors (Lipinski definition) is 3. The van der Waals surface area contributed by atoms with Gasteiger partial charge in [0.2, 0.25) is 0 Å². The lowest BCUT2D eigenvalue weighted by Gasteiger charge is -2.36. The van der Waals surface area contributed by atoms with Crippen LogP contribution in [0, 0.1) is 5.92 Å². The number of likely N-dealkylation sites (tertiary alicyclic amines) is 1. The van der Waals surface area contributed by atoms with Crippen LogP contribution >= 0.6 is 0 Å². The Hall–Kier alpha value is -3.11. The summed E-state index contributed by atoms with van der Waals surface area (Å²) in [6.45, 7) is 5.08. The highest BCUT2D eigenvalue weighted by molar-refractivity contribution is 5.54. The zero-order valence-corrected chi connectivity index (χ0v) is 19.7. The molecule has 1 fully saturated rings. The van der Waals surface area contributed by atoms with Gasteiger partial charge in [0, 0.05) is 32.6 Å². The van der Waals surface area contributed by atoms with E-state index in [2.05, 4.69) is 112 Å². The first-order chi connectivity index (χ1) is 16.3. The third-order valence-corrected chi connectivity index (χ3v) is 6.58. The molecule has 4 rings (SSSR count). The van der Waals surface area contributed by atoms with Crippen molar-refractivity contribution in [2.75, 3.05) is 33.2 Å². The molecule has 33 heavy (non-hydrogen) atoms. The van der Waals surface area contributed by atoms with E-state index in [0.717, 1.165) is 32.7 Å². The number of nitrogens with zero attached hydrogens (tertiary/aromatic N) is 3. The van der Waals surface area contributed by atoms with E-state index in [4.69, 9.17) is 0 Å². The quantitative estimate of drug-likeness (QED) is 0.204. The van der Waals surface area contributed by atoms with Gasteiger partial charge in [-0.3, -0.25) is 0 Å². The highest BCUT2D eigenvalue weighted by atomic mass is 15.3. The van der Waals surface area contributed by atoms with Crippen LogP contribution < -0.4 is 5.43 Å². The molecule has 0 saturated carbocycles. The molecule has 0 aromatic heterocycles. The molecular formula is C29H36N4. The minimum absolute atomic E-state index is 0.484. The third kappa shape index (κ3) is 6.93. The Morgan fingerprint density at radius 3 is 2.00 bits per heavy atom. The SMILES string of the molecule is CN(C=NNCCN1CCC(C(c2ccccc2)c2ccccc2)CC1)Cc1ccccc1. The van der Waals surface area contributed by atoms with Crippen molar-refractivity contribution in [1.29, 1.82) is 0 Å². The second-order valence-electron chi connectivity index (χ2n) is 9.03. The molecule has 0 atom stereocenters. The van der Waals surface area contributed by atoms with E-state index in [-0.39, 0.29) is 0 Å². The van der Waals surface area contributed by atoms with E-state index < -0.39 is 0 Å². The van der Waals surface area contributed by atoms with Crippen LogP contribution in [0.5, 0.6) is 0 Å². The highest BCUT2D eigenvalue weighted by Crippen LogP contribution is 2.37. The maximum atomic E-state index is 4.40. The van der Waals surface area contributed by atoms with Gasteiger partial charge in [-0.1, -0.05) is 91.0 Å². The van der Waals surface area contributed by atoms with Crippen molar-refractivity contribution in [2.45, 2.75) is 25.3 Å². The van der Waals surface area contributed by atoms with Gasteiger partial charge in [0.1, 0.15) is 6.34 Å². The minimum atomic E-state index is 0.484. The van der Waals surface area contributed by atoms with Crippen molar-refractivity contribution in [3.63, 3.8) is 0 Å². The van der Waals surface area contributed by atoms with E-state index in [0.29, 0.717) is 11.8 Å². The second kappa shape index (κ2) is 12.2. The summed E-state index contributed by atoms with van der Waals surface area (Å²) >= 11 is 0. The topological polar surface area (TPSA) is 30.9 Å². The Kier molecular flexibility index (Phi) is 8.54. The van der Waals surface area contributed by atoms with Crippen LogP contribution in [-0.2, 0) is 6.54 Å². The summed E-state index contributed by atoms with van der Waals surface area (Å²) in [6, 6.07) is 32.6. The molecule has 4 heteroatoms. The first-order valence-corrected chi connectivity index (χ1v) is 12.1. The van der Waals surface area contributed by atoms with Crippen LogP contribution in [0.4, 0.5) is 0 Å². The van der Waals surface area contributed by atoms with E-state index >= 15 is 0 Å². The van der Waals surface area contributed by atoms with Crippen molar-refractivity contribution < 1.29 is 0 Å². The van der Waals surface area contributed by atoms with Crippen molar-refractivity contribution in [2.24, 2.45) is 11.0 Å². The van der Waals surface area contributed by atoms with Crippen molar-refractivity contribution in [3.05, 3.63) is 108 Å². The maximum absolute atomic E-state index is 4.40. The number of hydrazone groups is 1. The van der Waals surface area contributed by atoms with Gasteiger partial charge in [0.25, 0.3) is 0 Å². The third-order valence-electron chi connectivity index (χ3n) is 6.58. The van der Waals surface area contributed by atoms with E-state index in [1.807, 2.05) is 12.4 Å². The van der Waals surface area contributed by atoms with Crippen molar-refractivity contribution >= 4 is 6.34 Å². The van der Waals surface area contributed by atoms with Crippen LogP contribution in [0.3, 0.4) is 0 Å². The summed E-state index contributed by atoms with van der Waals surface area (Å²) in [5.74, 6) is 1.17. The van der Waals surface area contributed by atoms with Crippen LogP contribution in [0.15, 0.2) is 96.1 Å². The Morgan fingerprint density at radius 2 is 1.42 bits per heavy atom. The fourth-order valence-electron chi connectivity index (χ4n) is 4.89. The lowest BCUT2D eigenvalue weighted by Crippen LogP contribution is -2.39. The maximum Gasteiger partial charge on any atom is 0.111 e. The summed E-state index contributed by atoms with van der Waals surface area (Å²) in [6.07, 6.45) is 4.35. The number of nitrogens with one attached hydrogen (secondary N) is 1. The first-order valence-electron chi connectivity index (χ1n) is 12.1. The summed E-state index contributed by atoms with van der Waals surface area (Å²) < 4.78 is 0. The van der Waals surface area contributed by atoms with E-state index in [1.165, 1.54) is 29.5 Å². The van der Waals surface area contributed by atoms with Gasteiger partial charge in [-0.25, -0.2) is 0 Å². The second-order valence-corrected chi connectivity index (χ2v) is 9.03. The monoisotopic (exact) mass is 440 g/mol. The van der Waals surface area contributed by atoms with Crippen LogP contribution in [0.25, 0.3) is 0 Å². The molecule has 0 aliphatic carbocycles. The average Bonchev–Trinajstić information content (AvgIpc) is 2.87. The molecular weight excluding hydrogens is 404 g/mol. The van der Waals surface area contributed by atoms with E-state index in [9.17, 15) is 0 Å². The first kappa shape index (κ1) is 23.1. The zero-order valence-electron chi connectivity index (χ0n) is 19.7. The molecule has 0 spiro atoms. The Morgan fingerprint density at radius 1 is 0.879 bits per heavy atom. The molecule has 0 radical (unpaired) electrons. The normalized spacial score (nSPS) is 15.2. The molecule has 0 unspecified atom stereocenters. The fourth-order valence-corrected chi connectivity index (χ4v) is 4.89. The average molecular weight is 441 g/mol. The molecule has 1 saturated heterocycles. The van der Waals surface area contributed by atoms with Gasteiger partial charge in [0.05, 0.1) is 0 Å². The fraction of sp³-hybridized carbons (Fsp3) is 0.345. The molecule has 3 aromatic carbocycles. The lowest BCUT2D eigenvalue weighted by molar-refractivity contribution is 0.176. The Bertz CT molecular complexity index is 911. The molecule has 1 heterocycles. The molecule has 1 aliphatic heterocycles. The largest absolute Gasteiger partial charge is 0.360 e. The predicted molar refractivity (Wildman–Crippen MR) is 138 cm³/mol. The van der Waals surface area contributed by atoms with Crippen molar-refractivity contribution in [1.82, 2.24) is 15.2 Å². The van der Waals surface area contributed by atoms with Gasteiger partial charge in [0.15, 0.2) is 0 Å². The van der Waals surface area contributed by atoms with Crippen LogP contribution in [-0.4, -0.2) is 49.4 Å². The number of piperidine rings is 1. The number of rotatable bonds is 10. The standard InChI is InChI=1S/C29H36N4/c1-32(23-25-11-5-2-6-12-25)24-31-30-19-22-33-20-17-28(18-21-33)29(26-13-7-3-8-14-26)27-15-9-4-10-16-27/h2-16,24,28-30H,17-23H2,1H3. The summed E-state index contributed by atoms with van der Waals surface area (Å²) in [7, 11) is 2.05. The summed E-state index contributed by atoms with van der Waals surface area (Å²) in [4.78, 5) is 4.67. The Balaban J connectivity index is 1.22. The molecule has 0 bridgehead atoms. The highest BCUT2D eigenvalue weighted by Gasteiger charge is 2.28. The molecule has 1 N–H and O–H groups in total. The minimum Gasteiger partial charge on any atom is -0.360 e. The predicted octanol–water partition coefficient (Wildman–Crippen LogP) is 5.20. The van der Waals surface area contributed by atoms with Gasteiger partial charge >= 0.3 is 0 Å². The zero-order chi connectivity index (χ0) is 22.7. The summed E-state index contributed by atoms with van der Waals surface area (Å²) in [5.41, 5.74) is 7.40. The van der Waals surface area contributed by atoms with Crippen LogP contribution in [0.2, 0.25) is 0 Å². The lowest BCUT2D eigenvalue weighted by atomic mass is 9.76. The Labute approximate surface area is 198 Å². The number of benzene rings is 3. The van der Waals surface area contributed by atoms with E-state index in [1.54, 1.807) is 0 Å². The van der Waals surface area contributed by atoms with Crippen molar-refractivity contribution in [3.8, 4) is 0 Å². The molecule has 3 aromatic rings. The van der Waals surface area contributed by atoms with Crippen LogP contribution in [0.1, 0.15) is 35.4 Å². The summed E-state index contributed by atoms with van der Waals surface area (Å²) in [5, 5.41) is 4.40. The molecule has 1 aliphatic rings. The molecule has 4 nitrogen and oxygen atoms in total. The molecule has 172 valence electrons. The van der Waals surface area contributed by atoms with Gasteiger partial charge < -0.3 is 15.2 Å². The molecule has 0 amide bonds. The number of hydrogen-bond donors (Lipinski definition) is 1. The van der Waals surface area contributed by atoms with Gasteiger partial charge in [-0.05, 0) is 48.5 Å². The van der Waals surface area contributed by atoms with Gasteiger partial charge in [-0.2, -0.15) is 5.10 Å².